The third kappa shape index (κ3) is 1.75. The van der Waals surface area contributed by atoms with E-state index in [1.165, 1.54) is 14.1 Å². The van der Waals surface area contributed by atoms with Crippen molar-refractivity contribution in [3.8, 4) is 0 Å². The largest absolute Gasteiger partial charge is 0.373 e. The molecule has 16 heavy (non-hydrogen) atoms. The number of halogens is 4. The number of anilines is 1. The van der Waals surface area contributed by atoms with Crippen molar-refractivity contribution < 1.29 is 22.4 Å². The first-order valence-corrected chi connectivity index (χ1v) is 4.33. The van der Waals surface area contributed by atoms with E-state index in [0.717, 1.165) is 11.8 Å². The minimum Gasteiger partial charge on any atom is -0.373 e. The van der Waals surface area contributed by atoms with Gasteiger partial charge in [-0.05, 0) is 6.92 Å². The maximum Gasteiger partial charge on any atom is 0.186 e. The third-order valence-corrected chi connectivity index (χ3v) is 2.04. The Balaban J connectivity index is 3.70. The SMILES string of the molecule is CC(=O)c1c(F)c(F)c(N(C)C)c(F)c1F. The van der Waals surface area contributed by atoms with Gasteiger partial charge in [0.15, 0.2) is 29.1 Å². The van der Waals surface area contributed by atoms with Crippen molar-refractivity contribution >= 4 is 11.5 Å². The fourth-order valence-electron chi connectivity index (χ4n) is 1.32. The van der Waals surface area contributed by atoms with E-state index in [0.29, 0.717) is 0 Å². The standard InChI is InChI=1S/C10H9F4NO/c1-4(16)5-6(11)8(13)10(15(2)3)9(14)7(5)12/h1-3H3. The molecule has 2 nitrogen and oxygen atoms in total. The Morgan fingerprint density at radius 2 is 1.31 bits per heavy atom. The van der Waals surface area contributed by atoms with Gasteiger partial charge >= 0.3 is 0 Å². The molecule has 0 aliphatic carbocycles. The lowest BCUT2D eigenvalue weighted by Crippen LogP contribution is -2.18. The Labute approximate surface area is 89.5 Å². The van der Waals surface area contributed by atoms with Gasteiger partial charge in [-0.2, -0.15) is 0 Å². The summed E-state index contributed by atoms with van der Waals surface area (Å²) < 4.78 is 53.2. The summed E-state index contributed by atoms with van der Waals surface area (Å²) in [5.41, 5.74) is -2.04. The highest BCUT2D eigenvalue weighted by Gasteiger charge is 2.28. The average Bonchev–Trinajstić information content (AvgIpc) is 2.14. The Hall–Kier alpha value is -1.59. The number of hydrogen-bond donors (Lipinski definition) is 0. The molecule has 1 aromatic carbocycles. The van der Waals surface area contributed by atoms with Gasteiger partial charge in [-0.15, -0.1) is 0 Å². The summed E-state index contributed by atoms with van der Waals surface area (Å²) >= 11 is 0. The monoisotopic (exact) mass is 235 g/mol. The van der Waals surface area contributed by atoms with Crippen LogP contribution in [0.3, 0.4) is 0 Å². The number of benzene rings is 1. The second-order valence-corrected chi connectivity index (χ2v) is 3.43. The Morgan fingerprint density at radius 3 is 1.56 bits per heavy atom. The zero-order valence-corrected chi connectivity index (χ0v) is 8.87. The average molecular weight is 235 g/mol. The summed E-state index contributed by atoms with van der Waals surface area (Å²) in [5, 5.41) is 0. The molecule has 0 radical (unpaired) electrons. The fraction of sp³-hybridized carbons (Fsp3) is 0.300. The van der Waals surface area contributed by atoms with Crippen molar-refractivity contribution in [1.29, 1.82) is 0 Å². The zero-order chi connectivity index (χ0) is 12.6. The van der Waals surface area contributed by atoms with Gasteiger partial charge in [0.05, 0.1) is 5.56 Å². The van der Waals surface area contributed by atoms with Crippen LogP contribution in [0.15, 0.2) is 0 Å². The summed E-state index contributed by atoms with van der Waals surface area (Å²) in [6.07, 6.45) is 0. The van der Waals surface area contributed by atoms with Crippen molar-refractivity contribution in [2.24, 2.45) is 0 Å². The lowest BCUT2D eigenvalue weighted by Gasteiger charge is -2.16. The molecule has 1 aromatic rings. The van der Waals surface area contributed by atoms with E-state index >= 15 is 0 Å². The molecule has 0 aliphatic heterocycles. The predicted molar refractivity (Wildman–Crippen MR) is 50.6 cm³/mol. The van der Waals surface area contributed by atoms with Gasteiger partial charge in [-0.25, -0.2) is 17.6 Å². The molecule has 0 N–H and O–H groups in total. The number of ketones is 1. The molecule has 88 valence electrons. The fourth-order valence-corrected chi connectivity index (χ4v) is 1.32. The van der Waals surface area contributed by atoms with Crippen LogP contribution in [0.1, 0.15) is 17.3 Å². The molecule has 0 saturated carbocycles. The summed E-state index contributed by atoms with van der Waals surface area (Å²) in [4.78, 5) is 11.7. The minimum absolute atomic E-state index is 0.829. The van der Waals surface area contributed by atoms with Crippen LogP contribution in [0, 0.1) is 23.3 Å². The first kappa shape index (κ1) is 12.5. The molecule has 0 atom stereocenters. The Bertz CT molecular complexity index is 428. The molecular weight excluding hydrogens is 226 g/mol. The summed E-state index contributed by atoms with van der Waals surface area (Å²) in [7, 11) is 2.46. The van der Waals surface area contributed by atoms with Gasteiger partial charge < -0.3 is 4.90 Å². The molecule has 0 unspecified atom stereocenters. The van der Waals surface area contributed by atoms with Gasteiger partial charge in [0.25, 0.3) is 0 Å². The van der Waals surface area contributed by atoms with Crippen molar-refractivity contribution in [1.82, 2.24) is 0 Å². The summed E-state index contributed by atoms with van der Waals surface area (Å²) in [5.74, 6) is -7.56. The Morgan fingerprint density at radius 1 is 0.938 bits per heavy atom. The van der Waals surface area contributed by atoms with Crippen LogP contribution in [0.2, 0.25) is 0 Å². The van der Waals surface area contributed by atoms with Crippen molar-refractivity contribution in [2.75, 3.05) is 19.0 Å². The van der Waals surface area contributed by atoms with E-state index in [-0.39, 0.29) is 0 Å². The van der Waals surface area contributed by atoms with Crippen LogP contribution in [-0.4, -0.2) is 19.9 Å². The van der Waals surface area contributed by atoms with Crippen LogP contribution >= 0.6 is 0 Å². The molecule has 0 saturated heterocycles. The van der Waals surface area contributed by atoms with E-state index in [1.54, 1.807) is 0 Å². The number of Topliss-reactive ketones (excluding diaryl/α,β-unsaturated/α-hetero) is 1. The van der Waals surface area contributed by atoms with Crippen LogP contribution in [0.5, 0.6) is 0 Å². The van der Waals surface area contributed by atoms with Gasteiger partial charge in [0, 0.05) is 14.1 Å². The van der Waals surface area contributed by atoms with E-state index in [2.05, 4.69) is 0 Å². The quantitative estimate of drug-likeness (QED) is 0.446. The lowest BCUT2D eigenvalue weighted by molar-refractivity contribution is 0.100. The number of carbonyl (C=O) groups excluding carboxylic acids is 1. The summed E-state index contributed by atoms with van der Waals surface area (Å²) in [6, 6.07) is 0. The molecule has 0 heterocycles. The number of hydrogen-bond acceptors (Lipinski definition) is 2. The highest BCUT2D eigenvalue weighted by molar-refractivity contribution is 5.95. The maximum absolute atomic E-state index is 13.3. The molecule has 0 fully saturated rings. The van der Waals surface area contributed by atoms with E-state index in [1.807, 2.05) is 0 Å². The zero-order valence-electron chi connectivity index (χ0n) is 8.87. The van der Waals surface area contributed by atoms with Crippen molar-refractivity contribution in [3.63, 3.8) is 0 Å². The molecular formula is C10H9F4NO. The molecule has 6 heteroatoms. The molecule has 0 spiro atoms. The normalized spacial score (nSPS) is 10.4. The number of carbonyl (C=O) groups is 1. The number of rotatable bonds is 2. The highest BCUT2D eigenvalue weighted by Crippen LogP contribution is 2.29. The van der Waals surface area contributed by atoms with E-state index in [9.17, 15) is 22.4 Å². The lowest BCUT2D eigenvalue weighted by atomic mass is 10.1. The topological polar surface area (TPSA) is 20.3 Å². The first-order valence-electron chi connectivity index (χ1n) is 4.33. The second kappa shape index (κ2) is 4.11. The van der Waals surface area contributed by atoms with Gasteiger partial charge in [-0.3, -0.25) is 4.79 Å². The molecule has 0 aliphatic rings. The summed E-state index contributed by atoms with van der Waals surface area (Å²) in [6.45, 7) is 0.829. The van der Waals surface area contributed by atoms with E-state index < -0.39 is 40.3 Å². The van der Waals surface area contributed by atoms with E-state index in [4.69, 9.17) is 0 Å². The Kier molecular flexibility index (Phi) is 3.21. The molecule has 0 bridgehead atoms. The minimum atomic E-state index is -1.67. The van der Waals surface area contributed by atoms with Gasteiger partial charge in [0.1, 0.15) is 5.69 Å². The van der Waals surface area contributed by atoms with Crippen molar-refractivity contribution in [2.45, 2.75) is 6.92 Å². The van der Waals surface area contributed by atoms with Crippen LogP contribution in [-0.2, 0) is 0 Å². The second-order valence-electron chi connectivity index (χ2n) is 3.43. The number of nitrogens with zero attached hydrogens (tertiary/aromatic N) is 1. The van der Waals surface area contributed by atoms with Gasteiger partial charge in [-0.1, -0.05) is 0 Å². The molecule has 0 amide bonds. The van der Waals surface area contributed by atoms with Crippen LogP contribution < -0.4 is 4.90 Å². The van der Waals surface area contributed by atoms with Crippen molar-refractivity contribution in [3.05, 3.63) is 28.8 Å². The highest BCUT2D eigenvalue weighted by atomic mass is 19.2. The third-order valence-electron chi connectivity index (χ3n) is 2.04. The van der Waals surface area contributed by atoms with Crippen LogP contribution in [0.4, 0.5) is 23.2 Å². The van der Waals surface area contributed by atoms with Crippen LogP contribution in [0.25, 0.3) is 0 Å². The predicted octanol–water partition coefficient (Wildman–Crippen LogP) is 2.51. The molecule has 0 aromatic heterocycles. The maximum atomic E-state index is 13.3. The smallest absolute Gasteiger partial charge is 0.186 e. The first-order chi connectivity index (χ1) is 7.29. The van der Waals surface area contributed by atoms with Gasteiger partial charge in [0.2, 0.25) is 0 Å². The molecule has 1 rings (SSSR count).